The van der Waals surface area contributed by atoms with Crippen LogP contribution >= 0.6 is 11.3 Å². The van der Waals surface area contributed by atoms with E-state index >= 15 is 0 Å². The lowest BCUT2D eigenvalue weighted by molar-refractivity contribution is 0.414. The summed E-state index contributed by atoms with van der Waals surface area (Å²) in [7, 11) is 3.62. The molecule has 0 fully saturated rings. The van der Waals surface area contributed by atoms with Gasteiger partial charge in [-0.2, -0.15) is 0 Å². The van der Waals surface area contributed by atoms with E-state index in [-0.39, 0.29) is 0 Å². The third kappa shape index (κ3) is 1.69. The fourth-order valence-corrected chi connectivity index (χ4v) is 3.15. The summed E-state index contributed by atoms with van der Waals surface area (Å²) in [4.78, 5) is 6.01. The van der Waals surface area contributed by atoms with Gasteiger partial charge in [0, 0.05) is 17.5 Å². The van der Waals surface area contributed by atoms with Gasteiger partial charge in [-0.1, -0.05) is 0 Å². The predicted octanol–water partition coefficient (Wildman–Crippen LogP) is 2.96. The molecule has 88 valence electrons. The van der Waals surface area contributed by atoms with E-state index in [9.17, 15) is 0 Å². The molecule has 0 unspecified atom stereocenters. The minimum absolute atomic E-state index is 0.927. The van der Waals surface area contributed by atoms with Gasteiger partial charge in [0.25, 0.3) is 0 Å². The van der Waals surface area contributed by atoms with Crippen molar-refractivity contribution < 1.29 is 4.74 Å². The number of nitrogens with one attached hydrogen (secondary N) is 1. The normalized spacial score (nSPS) is 12.8. The first-order valence-corrected chi connectivity index (χ1v) is 6.48. The molecular formula is C13H14N2OS. The molecule has 1 aromatic heterocycles. The fourth-order valence-electron chi connectivity index (χ4n) is 2.22. The first-order chi connectivity index (χ1) is 8.31. The van der Waals surface area contributed by atoms with Crippen molar-refractivity contribution in [1.82, 2.24) is 4.98 Å². The van der Waals surface area contributed by atoms with Gasteiger partial charge in [0.2, 0.25) is 0 Å². The van der Waals surface area contributed by atoms with E-state index in [0.717, 1.165) is 29.4 Å². The molecule has 3 rings (SSSR count). The van der Waals surface area contributed by atoms with Crippen LogP contribution in [0.25, 0.3) is 11.3 Å². The number of rotatable bonds is 2. The highest BCUT2D eigenvalue weighted by Gasteiger charge is 2.20. The number of benzene rings is 1. The Kier molecular flexibility index (Phi) is 2.52. The first kappa shape index (κ1) is 10.6. The van der Waals surface area contributed by atoms with Crippen molar-refractivity contribution in [3.05, 3.63) is 28.6 Å². The Morgan fingerprint density at radius 1 is 1.35 bits per heavy atom. The Balaban J connectivity index is 2.12. The van der Waals surface area contributed by atoms with Gasteiger partial charge in [0.05, 0.1) is 12.8 Å². The second-order valence-corrected chi connectivity index (χ2v) is 5.15. The lowest BCUT2D eigenvalue weighted by Crippen LogP contribution is -2.02. The molecule has 0 amide bonds. The highest BCUT2D eigenvalue weighted by Crippen LogP contribution is 2.39. The number of ether oxygens (including phenoxy) is 1. The quantitative estimate of drug-likeness (QED) is 0.884. The van der Waals surface area contributed by atoms with Crippen molar-refractivity contribution in [1.29, 1.82) is 0 Å². The molecule has 1 N–H and O–H groups in total. The van der Waals surface area contributed by atoms with Crippen LogP contribution in [0.1, 0.15) is 10.4 Å². The average molecular weight is 246 g/mol. The highest BCUT2D eigenvalue weighted by atomic mass is 32.1. The van der Waals surface area contributed by atoms with Crippen LogP contribution in [0.5, 0.6) is 5.75 Å². The van der Waals surface area contributed by atoms with Crippen molar-refractivity contribution in [3.63, 3.8) is 0 Å². The zero-order chi connectivity index (χ0) is 11.8. The Bertz CT molecular complexity index is 563. The molecule has 0 radical (unpaired) electrons. The van der Waals surface area contributed by atoms with Crippen LogP contribution in [-0.4, -0.2) is 19.1 Å². The Morgan fingerprint density at radius 3 is 3.00 bits per heavy atom. The molecule has 1 aliphatic rings. The summed E-state index contributed by atoms with van der Waals surface area (Å²) in [6.45, 7) is 0. The van der Waals surface area contributed by atoms with E-state index in [1.807, 2.05) is 13.1 Å². The van der Waals surface area contributed by atoms with Crippen molar-refractivity contribution in [3.8, 4) is 17.0 Å². The Morgan fingerprint density at radius 2 is 2.24 bits per heavy atom. The minimum Gasteiger partial charge on any atom is -0.497 e. The zero-order valence-electron chi connectivity index (χ0n) is 9.91. The Labute approximate surface area is 104 Å². The van der Waals surface area contributed by atoms with E-state index in [4.69, 9.17) is 4.74 Å². The summed E-state index contributed by atoms with van der Waals surface area (Å²) < 4.78 is 5.26. The third-order valence-electron chi connectivity index (χ3n) is 3.10. The standard InChI is InChI=1S/C13H14N2OS/c1-14-13-15-12-10-5-4-9(16-2)7-8(10)3-6-11(12)17-13/h4-5,7H,3,6H2,1-2H3,(H,14,15). The van der Waals surface area contributed by atoms with Gasteiger partial charge in [0.15, 0.2) is 5.13 Å². The van der Waals surface area contributed by atoms with Crippen LogP contribution in [0.3, 0.4) is 0 Å². The van der Waals surface area contributed by atoms with E-state index < -0.39 is 0 Å². The number of methoxy groups -OCH3 is 1. The van der Waals surface area contributed by atoms with Crippen molar-refractivity contribution in [2.75, 3.05) is 19.5 Å². The molecule has 0 bridgehead atoms. The number of fused-ring (bicyclic) bond motifs is 3. The summed E-state index contributed by atoms with van der Waals surface area (Å²) in [6, 6.07) is 6.24. The van der Waals surface area contributed by atoms with Crippen LogP contribution in [0, 0.1) is 0 Å². The van der Waals surface area contributed by atoms with Gasteiger partial charge in [-0.05, 0) is 36.6 Å². The van der Waals surface area contributed by atoms with Crippen LogP contribution < -0.4 is 10.1 Å². The molecule has 3 nitrogen and oxygen atoms in total. The summed E-state index contributed by atoms with van der Waals surface area (Å²) in [5.74, 6) is 0.927. The molecule has 1 aromatic carbocycles. The van der Waals surface area contributed by atoms with Gasteiger partial charge >= 0.3 is 0 Å². The van der Waals surface area contributed by atoms with Crippen molar-refractivity contribution in [2.24, 2.45) is 0 Å². The summed E-state index contributed by atoms with van der Waals surface area (Å²) in [5.41, 5.74) is 3.73. The van der Waals surface area contributed by atoms with Gasteiger partial charge in [-0.15, -0.1) is 11.3 Å². The van der Waals surface area contributed by atoms with Crippen LogP contribution in [0.4, 0.5) is 5.13 Å². The second kappa shape index (κ2) is 4.04. The number of aromatic nitrogens is 1. The van der Waals surface area contributed by atoms with Gasteiger partial charge < -0.3 is 10.1 Å². The summed E-state index contributed by atoms with van der Waals surface area (Å²) in [6.07, 6.45) is 2.15. The van der Waals surface area contributed by atoms with Crippen molar-refractivity contribution >= 4 is 16.5 Å². The summed E-state index contributed by atoms with van der Waals surface area (Å²) >= 11 is 1.76. The molecule has 0 saturated heterocycles. The molecule has 17 heavy (non-hydrogen) atoms. The fraction of sp³-hybridized carbons (Fsp3) is 0.308. The van der Waals surface area contributed by atoms with E-state index in [1.54, 1.807) is 18.4 Å². The summed E-state index contributed by atoms with van der Waals surface area (Å²) in [5, 5.41) is 4.12. The third-order valence-corrected chi connectivity index (χ3v) is 4.23. The number of hydrogen-bond donors (Lipinski definition) is 1. The number of thiazole rings is 1. The molecular weight excluding hydrogens is 232 g/mol. The minimum atomic E-state index is 0.927. The number of anilines is 1. The molecule has 4 heteroatoms. The molecule has 0 spiro atoms. The molecule has 0 aliphatic heterocycles. The predicted molar refractivity (Wildman–Crippen MR) is 71.1 cm³/mol. The van der Waals surface area contributed by atoms with Gasteiger partial charge in [-0.25, -0.2) is 4.98 Å². The largest absolute Gasteiger partial charge is 0.497 e. The van der Waals surface area contributed by atoms with Crippen LogP contribution in [0.15, 0.2) is 18.2 Å². The van der Waals surface area contributed by atoms with Gasteiger partial charge in [-0.3, -0.25) is 0 Å². The molecule has 1 heterocycles. The number of nitrogens with zero attached hydrogens (tertiary/aromatic N) is 1. The second-order valence-electron chi connectivity index (χ2n) is 4.06. The molecule has 0 saturated carbocycles. The molecule has 1 aliphatic carbocycles. The zero-order valence-corrected chi connectivity index (χ0v) is 10.7. The smallest absolute Gasteiger partial charge is 0.183 e. The number of aryl methyl sites for hydroxylation is 2. The monoisotopic (exact) mass is 246 g/mol. The maximum Gasteiger partial charge on any atom is 0.183 e. The highest BCUT2D eigenvalue weighted by molar-refractivity contribution is 7.16. The average Bonchev–Trinajstić information content (AvgIpc) is 2.81. The van der Waals surface area contributed by atoms with E-state index in [1.165, 1.54) is 16.0 Å². The lowest BCUT2D eigenvalue weighted by atomic mass is 9.93. The maximum absolute atomic E-state index is 5.26. The first-order valence-electron chi connectivity index (χ1n) is 5.66. The SMILES string of the molecule is CNc1nc2c(s1)CCc1cc(OC)ccc1-2. The van der Waals surface area contributed by atoms with E-state index in [2.05, 4.69) is 22.4 Å². The molecule has 0 atom stereocenters. The lowest BCUT2D eigenvalue weighted by Gasteiger charge is -2.15. The number of hydrogen-bond acceptors (Lipinski definition) is 4. The molecule has 2 aromatic rings. The van der Waals surface area contributed by atoms with Gasteiger partial charge in [0.1, 0.15) is 5.75 Å². The van der Waals surface area contributed by atoms with E-state index in [0.29, 0.717) is 0 Å². The van der Waals surface area contributed by atoms with Crippen LogP contribution in [-0.2, 0) is 12.8 Å². The van der Waals surface area contributed by atoms with Crippen molar-refractivity contribution in [2.45, 2.75) is 12.8 Å². The Hall–Kier alpha value is -1.55. The topological polar surface area (TPSA) is 34.2 Å². The van der Waals surface area contributed by atoms with Crippen LogP contribution in [0.2, 0.25) is 0 Å². The maximum atomic E-state index is 5.26.